The molecule has 3 heterocycles. The van der Waals surface area contributed by atoms with Crippen LogP contribution in [0, 0.1) is 15.5 Å². The number of carbonyl (C=O) groups is 3. The Kier molecular flexibility index (Phi) is 5.20. The van der Waals surface area contributed by atoms with Gasteiger partial charge in [-0.3, -0.25) is 29.9 Å². The van der Waals surface area contributed by atoms with E-state index in [1.807, 2.05) is 25.7 Å². The van der Waals surface area contributed by atoms with Crippen LogP contribution >= 0.6 is 0 Å². The van der Waals surface area contributed by atoms with Gasteiger partial charge in [0.1, 0.15) is 0 Å². The van der Waals surface area contributed by atoms with E-state index in [4.69, 9.17) is 4.74 Å². The van der Waals surface area contributed by atoms with Crippen LogP contribution in [-0.2, 0) is 20.7 Å². The number of unbranched alkanes of at least 4 members (excludes halogenated alkanes) is 1. The zero-order chi connectivity index (χ0) is 22.5. The van der Waals surface area contributed by atoms with Gasteiger partial charge in [0.15, 0.2) is 5.41 Å². The van der Waals surface area contributed by atoms with Crippen molar-refractivity contribution in [1.82, 2.24) is 10.2 Å². The number of imide groups is 2. The Morgan fingerprint density at radius 2 is 2.03 bits per heavy atom. The second-order valence-corrected chi connectivity index (χ2v) is 8.54. The van der Waals surface area contributed by atoms with Gasteiger partial charge in [-0.25, -0.2) is 4.79 Å². The third-order valence-corrected chi connectivity index (χ3v) is 6.47. The number of nitrogens with zero attached hydrogens (tertiary/aromatic N) is 3. The Balaban J connectivity index is 1.88. The molecule has 10 nitrogen and oxygen atoms in total. The fourth-order valence-electron chi connectivity index (χ4n) is 5.20. The largest absolute Gasteiger partial charge is 0.372 e. The number of benzene rings is 1. The van der Waals surface area contributed by atoms with Gasteiger partial charge in [-0.15, -0.1) is 0 Å². The van der Waals surface area contributed by atoms with Crippen LogP contribution in [0.15, 0.2) is 18.2 Å². The number of nitrogens with one attached hydrogen (secondary N) is 1. The highest BCUT2D eigenvalue weighted by atomic mass is 16.6. The molecule has 1 N–H and O–H groups in total. The van der Waals surface area contributed by atoms with Gasteiger partial charge in [0.2, 0.25) is 11.8 Å². The number of nitro groups is 1. The molecule has 0 aliphatic carbocycles. The van der Waals surface area contributed by atoms with Crippen molar-refractivity contribution in [3.63, 3.8) is 0 Å². The Hall–Kier alpha value is -3.01. The molecule has 0 aromatic heterocycles. The molecular weight excluding hydrogens is 404 g/mol. The van der Waals surface area contributed by atoms with Crippen molar-refractivity contribution in [2.24, 2.45) is 5.41 Å². The van der Waals surface area contributed by atoms with Crippen molar-refractivity contribution in [1.29, 1.82) is 0 Å². The lowest BCUT2D eigenvalue weighted by molar-refractivity contribution is -0.384. The molecular formula is C21H26N4O6. The van der Waals surface area contributed by atoms with E-state index in [0.717, 1.165) is 17.0 Å². The Bertz CT molecular complexity index is 965. The van der Waals surface area contributed by atoms with Crippen molar-refractivity contribution >= 4 is 29.2 Å². The van der Waals surface area contributed by atoms with Crippen LogP contribution in [0.4, 0.5) is 16.2 Å². The maximum atomic E-state index is 13.8. The standard InChI is InChI=1S/C21H26N4O6/c1-4-5-8-23-19(27)21(18(26)22-20(23)28)10-14-9-15(25(29)30)6-7-16(14)24-11-12(2)31-13(3)17(21)24/h6-7,9,12-13,17H,4-5,8,10-11H2,1-3H3,(H,22,26,28)/t12-,13+,17-,21+/m1/s1. The normalized spacial score (nSPS) is 30.2. The Morgan fingerprint density at radius 3 is 2.71 bits per heavy atom. The molecule has 0 unspecified atom stereocenters. The van der Waals surface area contributed by atoms with E-state index in [2.05, 4.69) is 5.32 Å². The second-order valence-electron chi connectivity index (χ2n) is 8.54. The number of hydrogen-bond donors (Lipinski definition) is 1. The minimum Gasteiger partial charge on any atom is -0.372 e. The van der Waals surface area contributed by atoms with Gasteiger partial charge in [0.05, 0.1) is 23.2 Å². The van der Waals surface area contributed by atoms with Gasteiger partial charge in [-0.05, 0) is 31.9 Å². The number of urea groups is 1. The van der Waals surface area contributed by atoms with E-state index >= 15 is 0 Å². The molecule has 3 aliphatic heterocycles. The number of nitro benzene ring substituents is 1. The number of ether oxygens (including phenoxy) is 1. The first kappa shape index (κ1) is 21.2. The molecule has 1 aromatic carbocycles. The average Bonchev–Trinajstić information content (AvgIpc) is 2.71. The molecule has 0 bridgehead atoms. The number of carbonyl (C=O) groups excluding carboxylic acids is 3. The quantitative estimate of drug-likeness (QED) is 0.440. The fraction of sp³-hybridized carbons (Fsp3) is 0.571. The lowest BCUT2D eigenvalue weighted by Crippen LogP contribution is -2.75. The molecule has 2 saturated heterocycles. The van der Waals surface area contributed by atoms with E-state index in [0.29, 0.717) is 18.5 Å². The molecule has 4 rings (SSSR count). The predicted octanol–water partition coefficient (Wildman–Crippen LogP) is 2.00. The van der Waals surface area contributed by atoms with Crippen LogP contribution in [0.3, 0.4) is 0 Å². The number of anilines is 1. The molecule has 166 valence electrons. The first-order valence-electron chi connectivity index (χ1n) is 10.6. The molecule has 1 aromatic rings. The fourth-order valence-corrected chi connectivity index (χ4v) is 5.20. The van der Waals surface area contributed by atoms with Crippen molar-refractivity contribution in [2.75, 3.05) is 18.0 Å². The van der Waals surface area contributed by atoms with Gasteiger partial charge in [-0.1, -0.05) is 13.3 Å². The number of non-ortho nitro benzene ring substituents is 1. The Labute approximate surface area is 179 Å². The van der Waals surface area contributed by atoms with Gasteiger partial charge >= 0.3 is 6.03 Å². The number of morpholine rings is 1. The molecule has 4 amide bonds. The maximum absolute atomic E-state index is 13.8. The highest BCUT2D eigenvalue weighted by Crippen LogP contribution is 2.48. The minimum atomic E-state index is -1.61. The first-order chi connectivity index (χ1) is 14.7. The van der Waals surface area contributed by atoms with E-state index in [1.54, 1.807) is 6.07 Å². The lowest BCUT2D eigenvalue weighted by atomic mass is 9.66. The van der Waals surface area contributed by atoms with Gasteiger partial charge in [0.25, 0.3) is 5.69 Å². The van der Waals surface area contributed by atoms with Crippen molar-refractivity contribution in [2.45, 2.75) is 58.3 Å². The minimum absolute atomic E-state index is 0.0339. The third-order valence-electron chi connectivity index (χ3n) is 6.47. The van der Waals surface area contributed by atoms with Crippen LogP contribution in [-0.4, -0.2) is 59.0 Å². The van der Waals surface area contributed by atoms with Crippen LogP contribution in [0.2, 0.25) is 0 Å². The summed E-state index contributed by atoms with van der Waals surface area (Å²) in [7, 11) is 0. The highest BCUT2D eigenvalue weighted by Gasteiger charge is 2.64. The molecule has 1 spiro atoms. The second kappa shape index (κ2) is 7.60. The van der Waals surface area contributed by atoms with Crippen molar-refractivity contribution < 1.29 is 24.0 Å². The summed E-state index contributed by atoms with van der Waals surface area (Å²) < 4.78 is 6.01. The summed E-state index contributed by atoms with van der Waals surface area (Å²) in [6, 6.07) is 3.17. The van der Waals surface area contributed by atoms with Gasteiger partial charge in [0, 0.05) is 37.3 Å². The molecule has 10 heteroatoms. The summed E-state index contributed by atoms with van der Waals surface area (Å²) in [4.78, 5) is 53.5. The molecule has 31 heavy (non-hydrogen) atoms. The Morgan fingerprint density at radius 1 is 1.29 bits per heavy atom. The number of rotatable bonds is 4. The van der Waals surface area contributed by atoms with E-state index in [9.17, 15) is 24.5 Å². The van der Waals surface area contributed by atoms with Crippen molar-refractivity contribution in [3.05, 3.63) is 33.9 Å². The molecule has 4 atom stereocenters. The summed E-state index contributed by atoms with van der Waals surface area (Å²) >= 11 is 0. The molecule has 3 aliphatic rings. The maximum Gasteiger partial charge on any atom is 0.330 e. The topological polar surface area (TPSA) is 122 Å². The molecule has 2 fully saturated rings. The van der Waals surface area contributed by atoms with E-state index in [-0.39, 0.29) is 24.8 Å². The van der Waals surface area contributed by atoms with Gasteiger partial charge < -0.3 is 9.64 Å². The highest BCUT2D eigenvalue weighted by molar-refractivity contribution is 6.20. The van der Waals surface area contributed by atoms with E-state index < -0.39 is 40.3 Å². The molecule has 0 radical (unpaired) electrons. The lowest BCUT2D eigenvalue weighted by Gasteiger charge is -2.56. The summed E-state index contributed by atoms with van der Waals surface area (Å²) in [5.41, 5.74) is -0.422. The number of fused-ring (bicyclic) bond motifs is 4. The number of amides is 4. The summed E-state index contributed by atoms with van der Waals surface area (Å²) in [6.45, 7) is 6.29. The van der Waals surface area contributed by atoms with Crippen LogP contribution in [0.1, 0.15) is 39.2 Å². The van der Waals surface area contributed by atoms with E-state index in [1.165, 1.54) is 12.1 Å². The zero-order valence-electron chi connectivity index (χ0n) is 17.8. The summed E-state index contributed by atoms with van der Waals surface area (Å²) in [6.07, 6.45) is 0.725. The average molecular weight is 430 g/mol. The molecule has 0 saturated carbocycles. The SMILES string of the molecule is CCCCN1C(=O)NC(=O)[C@@]2(Cc3cc([N+](=O)[O-])ccc3N3C[C@@H](C)O[C@@H](C)[C@@H]32)C1=O. The van der Waals surface area contributed by atoms with Crippen LogP contribution in [0.5, 0.6) is 0 Å². The number of barbiturate groups is 1. The monoisotopic (exact) mass is 430 g/mol. The summed E-state index contributed by atoms with van der Waals surface area (Å²) in [5.74, 6) is -1.24. The van der Waals surface area contributed by atoms with Crippen LogP contribution < -0.4 is 10.2 Å². The predicted molar refractivity (Wildman–Crippen MR) is 111 cm³/mol. The first-order valence-corrected chi connectivity index (χ1v) is 10.6. The summed E-state index contributed by atoms with van der Waals surface area (Å²) in [5, 5.41) is 13.7. The van der Waals surface area contributed by atoms with Crippen LogP contribution in [0.25, 0.3) is 0 Å². The third kappa shape index (κ3) is 3.16. The smallest absolute Gasteiger partial charge is 0.330 e. The van der Waals surface area contributed by atoms with Crippen molar-refractivity contribution in [3.8, 4) is 0 Å². The van der Waals surface area contributed by atoms with Gasteiger partial charge in [-0.2, -0.15) is 0 Å². The zero-order valence-corrected chi connectivity index (χ0v) is 17.8. The number of hydrogen-bond acceptors (Lipinski definition) is 7.